The maximum absolute atomic E-state index is 12.8. The number of halogens is 3. The van der Waals surface area contributed by atoms with Crippen molar-refractivity contribution in [2.45, 2.75) is 32.0 Å². The first-order valence-corrected chi connectivity index (χ1v) is 7.91. The van der Waals surface area contributed by atoms with Gasteiger partial charge in [-0.05, 0) is 31.4 Å². The van der Waals surface area contributed by atoms with Crippen LogP contribution in [0, 0.1) is 17.8 Å². The van der Waals surface area contributed by atoms with E-state index in [2.05, 4.69) is 4.98 Å². The van der Waals surface area contributed by atoms with Gasteiger partial charge in [0.1, 0.15) is 11.6 Å². The molecule has 9 heteroatoms. The van der Waals surface area contributed by atoms with Gasteiger partial charge < -0.3 is 4.74 Å². The number of carbonyl (C=O) groups excluding carboxylic acids is 3. The molecular weight excluding hydrogens is 350 g/mol. The van der Waals surface area contributed by atoms with E-state index in [-0.39, 0.29) is 38.1 Å². The molecule has 0 amide bonds. The number of pyridine rings is 1. The number of carbonyl (C=O) groups is 3. The molecule has 2 unspecified atom stereocenters. The average Bonchev–Trinajstić information content (AvgIpc) is 2.99. The zero-order valence-electron chi connectivity index (χ0n) is 14.0. The van der Waals surface area contributed by atoms with Crippen LogP contribution in [-0.2, 0) is 27.1 Å². The average molecular weight is 366 g/mol. The third kappa shape index (κ3) is 3.44. The van der Waals surface area contributed by atoms with Crippen LogP contribution >= 0.6 is 0 Å². The Balaban J connectivity index is 0.00000243. The first-order valence-electron chi connectivity index (χ1n) is 7.91. The molecule has 0 saturated heterocycles. The maximum atomic E-state index is 12.8. The monoisotopic (exact) mass is 366 g/mol. The van der Waals surface area contributed by atoms with Crippen LogP contribution in [0.5, 0.6) is 0 Å². The number of aromatic nitrogens is 1. The molecule has 2 aliphatic rings. The van der Waals surface area contributed by atoms with Gasteiger partial charge >= 0.3 is 6.18 Å². The van der Waals surface area contributed by atoms with Gasteiger partial charge in [-0.1, -0.05) is 0 Å². The van der Waals surface area contributed by atoms with Gasteiger partial charge in [-0.15, -0.1) is 0 Å². The Hall–Kier alpha value is -2.03. The molecule has 1 aromatic heterocycles. The molecule has 5 nitrogen and oxygen atoms in total. The van der Waals surface area contributed by atoms with Gasteiger partial charge in [0.2, 0.25) is 0 Å². The van der Waals surface area contributed by atoms with E-state index in [1.807, 2.05) is 0 Å². The summed E-state index contributed by atoms with van der Waals surface area (Å²) >= 11 is 0. The van der Waals surface area contributed by atoms with Crippen LogP contribution in [0.4, 0.5) is 13.2 Å². The topological polar surface area (TPSA) is 73.3 Å². The van der Waals surface area contributed by atoms with E-state index in [4.69, 9.17) is 4.74 Å². The molecule has 2 saturated carbocycles. The summed E-state index contributed by atoms with van der Waals surface area (Å²) in [6, 6.07) is 1.66. The minimum atomic E-state index is -4.67. The number of alkyl halides is 3. The van der Waals surface area contributed by atoms with E-state index in [0.29, 0.717) is 25.3 Å². The molecule has 137 valence electrons. The highest BCUT2D eigenvalue weighted by molar-refractivity contribution is 6.26. The second kappa shape index (κ2) is 7.30. The fraction of sp³-hybridized carbons (Fsp3) is 0.529. The van der Waals surface area contributed by atoms with Gasteiger partial charge in [0.25, 0.3) is 0 Å². The molecule has 1 aromatic rings. The van der Waals surface area contributed by atoms with Crippen molar-refractivity contribution in [3.63, 3.8) is 0 Å². The number of nitrogens with zero attached hydrogens (tertiary/aromatic N) is 1. The Labute approximate surface area is 149 Å². The van der Waals surface area contributed by atoms with Gasteiger partial charge in [-0.2, -0.15) is 13.2 Å². The second-order valence-corrected chi connectivity index (χ2v) is 6.43. The number of ketones is 3. The van der Waals surface area contributed by atoms with Crippen LogP contribution in [0.2, 0.25) is 0 Å². The number of hydrogen-bond acceptors (Lipinski definition) is 5. The molecule has 0 spiro atoms. The highest BCUT2D eigenvalue weighted by Crippen LogP contribution is 2.41. The first kappa shape index (κ1) is 20.3. The summed E-state index contributed by atoms with van der Waals surface area (Å²) in [5.41, 5.74) is -1.54. The summed E-state index contributed by atoms with van der Waals surface area (Å²) in [5.74, 6) is -3.69. The van der Waals surface area contributed by atoms with Crippen molar-refractivity contribution in [2.24, 2.45) is 17.8 Å². The number of hydrogen-bond donors (Lipinski definition) is 0. The fourth-order valence-corrected chi connectivity index (χ4v) is 3.65. The van der Waals surface area contributed by atoms with Crippen LogP contribution < -0.4 is 0 Å². The highest BCUT2D eigenvalue weighted by atomic mass is 19.4. The first-order chi connectivity index (χ1) is 11.7. The lowest BCUT2D eigenvalue weighted by molar-refractivity contribution is -0.141. The van der Waals surface area contributed by atoms with Crippen molar-refractivity contribution in [2.75, 3.05) is 7.11 Å². The summed E-state index contributed by atoms with van der Waals surface area (Å²) in [6.45, 7) is -0.326. The lowest BCUT2D eigenvalue weighted by atomic mass is 9.75. The third-order valence-corrected chi connectivity index (χ3v) is 4.88. The normalized spacial score (nSPS) is 25.2. The lowest BCUT2D eigenvalue weighted by Gasteiger charge is -2.24. The van der Waals surface area contributed by atoms with Crippen molar-refractivity contribution >= 4 is 25.8 Å². The van der Waals surface area contributed by atoms with Crippen LogP contribution in [0.1, 0.15) is 41.0 Å². The summed E-state index contributed by atoms with van der Waals surface area (Å²) in [5, 5.41) is 0. The molecule has 26 heavy (non-hydrogen) atoms. The molecule has 0 aliphatic heterocycles. The molecule has 2 fully saturated rings. The quantitative estimate of drug-likeness (QED) is 0.464. The predicted octanol–water partition coefficient (Wildman–Crippen LogP) is 2.23. The Kier molecular flexibility index (Phi) is 5.70. The van der Waals surface area contributed by atoms with Gasteiger partial charge in [0.15, 0.2) is 17.3 Å². The number of ether oxygens (including phenoxy) is 1. The van der Waals surface area contributed by atoms with Crippen LogP contribution in [0.15, 0.2) is 12.1 Å². The maximum Gasteiger partial charge on any atom is 0.433 e. The summed E-state index contributed by atoms with van der Waals surface area (Å²) in [7, 11) is 1.26. The zero-order chi connectivity index (χ0) is 18.4. The lowest BCUT2D eigenvalue weighted by Crippen LogP contribution is -2.41. The van der Waals surface area contributed by atoms with Crippen LogP contribution in [0.3, 0.4) is 0 Å². The number of rotatable bonds is 4. The van der Waals surface area contributed by atoms with E-state index in [1.165, 1.54) is 7.11 Å². The number of fused-ring (bicyclic) bond motifs is 2. The molecule has 2 aliphatic carbocycles. The summed E-state index contributed by atoms with van der Waals surface area (Å²) in [6.07, 6.45) is -3.04. The molecule has 0 N–H and O–H groups in total. The Morgan fingerprint density at radius 2 is 1.77 bits per heavy atom. The van der Waals surface area contributed by atoms with Crippen molar-refractivity contribution in [3.8, 4) is 0 Å². The number of methoxy groups -OCH3 is 1. The van der Waals surface area contributed by atoms with E-state index < -0.39 is 35.1 Å². The second-order valence-electron chi connectivity index (χ2n) is 6.43. The Morgan fingerprint density at radius 3 is 2.27 bits per heavy atom. The zero-order valence-corrected chi connectivity index (χ0v) is 14.0. The van der Waals surface area contributed by atoms with E-state index in [1.54, 1.807) is 0 Å². The Bertz CT molecular complexity index is 728. The summed E-state index contributed by atoms with van der Waals surface area (Å²) < 4.78 is 43.3. The SMILES string of the molecule is COCc1nc(C(F)(F)F)ccc1C(=O)C1C(=O)C2CCC(C2)C1=O.[B]. The number of Topliss-reactive ketones (excluding diaryl/α,β-unsaturated/α-hetero) is 3. The van der Waals surface area contributed by atoms with E-state index in [9.17, 15) is 27.6 Å². The molecular formula is C17H16BF3NO4. The van der Waals surface area contributed by atoms with Crippen molar-refractivity contribution in [3.05, 3.63) is 29.1 Å². The largest absolute Gasteiger partial charge is 0.433 e. The van der Waals surface area contributed by atoms with Crippen LogP contribution in [-0.4, -0.2) is 37.9 Å². The minimum Gasteiger partial charge on any atom is -0.378 e. The molecule has 1 heterocycles. The highest BCUT2D eigenvalue weighted by Gasteiger charge is 2.50. The molecule has 0 aromatic carbocycles. The van der Waals surface area contributed by atoms with Crippen molar-refractivity contribution < 1.29 is 32.3 Å². The van der Waals surface area contributed by atoms with Crippen LogP contribution in [0.25, 0.3) is 0 Å². The Morgan fingerprint density at radius 1 is 1.19 bits per heavy atom. The fourth-order valence-electron chi connectivity index (χ4n) is 3.65. The predicted molar refractivity (Wildman–Crippen MR) is 84.4 cm³/mol. The van der Waals surface area contributed by atoms with Crippen molar-refractivity contribution in [1.29, 1.82) is 0 Å². The molecule has 2 bridgehead atoms. The minimum absolute atomic E-state index is 0. The smallest absolute Gasteiger partial charge is 0.378 e. The standard InChI is InChI=1S/C17H16F3NO4.B/c1-25-7-11-10(4-5-12(21-11)17(18,19)20)16(24)13-14(22)8-2-3-9(6-8)15(13)23;/h4-5,8-9,13H,2-3,6-7H2,1H3;. The van der Waals surface area contributed by atoms with E-state index >= 15 is 0 Å². The van der Waals surface area contributed by atoms with Gasteiger partial charge in [-0.25, -0.2) is 4.98 Å². The third-order valence-electron chi connectivity index (χ3n) is 4.88. The summed E-state index contributed by atoms with van der Waals surface area (Å²) in [4.78, 5) is 41.1. The van der Waals surface area contributed by atoms with Gasteiger partial charge in [-0.3, -0.25) is 14.4 Å². The molecule has 3 radical (unpaired) electrons. The van der Waals surface area contributed by atoms with E-state index in [0.717, 1.165) is 6.07 Å². The van der Waals surface area contributed by atoms with Gasteiger partial charge in [0, 0.05) is 32.9 Å². The molecule has 2 atom stereocenters. The molecule has 3 rings (SSSR count). The van der Waals surface area contributed by atoms with Gasteiger partial charge in [0.05, 0.1) is 12.3 Å². The van der Waals surface area contributed by atoms with Crippen molar-refractivity contribution in [1.82, 2.24) is 4.98 Å².